The first-order valence-electron chi connectivity index (χ1n) is 12.6. The van der Waals surface area contributed by atoms with E-state index in [1.165, 1.54) is 13.2 Å². The Balaban J connectivity index is 1.43. The Labute approximate surface area is 234 Å². The van der Waals surface area contributed by atoms with Crippen molar-refractivity contribution in [2.75, 3.05) is 26.0 Å². The van der Waals surface area contributed by atoms with Crippen LogP contribution >= 0.6 is 15.9 Å². The topological polar surface area (TPSA) is 99.7 Å². The van der Waals surface area contributed by atoms with Gasteiger partial charge in [-0.1, -0.05) is 40.2 Å². The Morgan fingerprint density at radius 1 is 1.26 bits per heavy atom. The summed E-state index contributed by atoms with van der Waals surface area (Å²) in [6.45, 7) is 0.333. The van der Waals surface area contributed by atoms with Crippen LogP contribution in [0.25, 0.3) is 11.3 Å². The molecule has 2 N–H and O–H groups in total. The molecule has 2 atom stereocenters. The van der Waals surface area contributed by atoms with Gasteiger partial charge in [-0.3, -0.25) is 9.59 Å². The Morgan fingerprint density at radius 2 is 2.05 bits per heavy atom. The summed E-state index contributed by atoms with van der Waals surface area (Å²) < 4.78 is 27.3. The number of alkyl halides is 1. The number of halogens is 2. The number of ether oxygens (including phenoxy) is 2. The SMILES string of the molecule is COC(=O)Cc1cc(CCN2C(=O)COC2c2cn(-c3ccc(Br)cc3)nc2C2=CCC(F)C=C2)ccc1N. The zero-order valence-electron chi connectivity index (χ0n) is 21.3. The summed E-state index contributed by atoms with van der Waals surface area (Å²) in [4.78, 5) is 26.4. The highest BCUT2D eigenvalue weighted by atomic mass is 79.9. The molecule has 0 bridgehead atoms. The van der Waals surface area contributed by atoms with E-state index in [9.17, 15) is 14.0 Å². The van der Waals surface area contributed by atoms with E-state index >= 15 is 0 Å². The summed E-state index contributed by atoms with van der Waals surface area (Å²) in [5, 5.41) is 4.82. The van der Waals surface area contributed by atoms with Gasteiger partial charge in [-0.15, -0.1) is 0 Å². The number of anilines is 1. The van der Waals surface area contributed by atoms with Crippen molar-refractivity contribution in [2.24, 2.45) is 0 Å². The normalized spacial score (nSPS) is 18.9. The number of benzene rings is 2. The minimum atomic E-state index is -1.03. The molecule has 1 aromatic heterocycles. The van der Waals surface area contributed by atoms with Crippen molar-refractivity contribution in [2.45, 2.75) is 31.7 Å². The highest BCUT2D eigenvalue weighted by molar-refractivity contribution is 9.10. The van der Waals surface area contributed by atoms with E-state index in [-0.39, 0.29) is 31.3 Å². The Hall–Kier alpha value is -3.76. The van der Waals surface area contributed by atoms with E-state index in [2.05, 4.69) is 15.9 Å². The van der Waals surface area contributed by atoms with Crippen LogP contribution in [0.2, 0.25) is 0 Å². The average molecular weight is 595 g/mol. The van der Waals surface area contributed by atoms with Gasteiger partial charge in [0, 0.05) is 34.9 Å². The van der Waals surface area contributed by atoms with Crippen LogP contribution in [0.4, 0.5) is 10.1 Å². The first-order valence-corrected chi connectivity index (χ1v) is 13.3. The van der Waals surface area contributed by atoms with Crippen LogP contribution in [0.3, 0.4) is 0 Å². The highest BCUT2D eigenvalue weighted by Gasteiger charge is 2.36. The first-order chi connectivity index (χ1) is 18.8. The van der Waals surface area contributed by atoms with Gasteiger partial charge in [0.05, 0.1) is 19.2 Å². The number of nitrogens with zero attached hydrogens (tertiary/aromatic N) is 3. The fourth-order valence-electron chi connectivity index (χ4n) is 4.69. The van der Waals surface area contributed by atoms with Crippen LogP contribution in [0.15, 0.2) is 71.4 Å². The largest absolute Gasteiger partial charge is 0.469 e. The minimum absolute atomic E-state index is 0.0513. The molecule has 0 spiro atoms. The number of allylic oxidation sites excluding steroid dienone is 4. The number of aromatic nitrogens is 2. The summed E-state index contributed by atoms with van der Waals surface area (Å²) in [6, 6.07) is 13.2. The van der Waals surface area contributed by atoms with Gasteiger partial charge in [-0.05, 0) is 59.5 Å². The van der Waals surface area contributed by atoms with E-state index in [0.717, 1.165) is 26.9 Å². The fourth-order valence-corrected chi connectivity index (χ4v) is 4.95. The predicted octanol–water partition coefficient (Wildman–Crippen LogP) is 4.71. The molecule has 39 heavy (non-hydrogen) atoms. The fraction of sp³-hybridized carbons (Fsp3) is 0.276. The second-order valence-electron chi connectivity index (χ2n) is 9.41. The molecule has 10 heteroatoms. The lowest BCUT2D eigenvalue weighted by atomic mass is 10.00. The molecule has 2 unspecified atom stereocenters. The summed E-state index contributed by atoms with van der Waals surface area (Å²) in [5.74, 6) is -0.507. The molecular weight excluding hydrogens is 567 g/mol. The standard InChI is InChI=1S/C29H28BrFN4O4/c1-38-27(37)15-20-14-18(2-11-25(20)32)12-13-34-26(36)17-39-29(34)24-16-35(23-9-5-21(30)6-10-23)33-28(24)19-3-7-22(31)8-4-19/h2-7,9-11,14,16,22,29H,8,12-13,15,17,32H2,1H3. The highest BCUT2D eigenvalue weighted by Crippen LogP contribution is 2.35. The van der Waals surface area contributed by atoms with Crippen molar-refractivity contribution < 1.29 is 23.5 Å². The zero-order chi connectivity index (χ0) is 27.5. The number of methoxy groups -OCH3 is 1. The van der Waals surface area contributed by atoms with Crippen LogP contribution in [-0.2, 0) is 31.9 Å². The minimum Gasteiger partial charge on any atom is -0.469 e. The number of rotatable bonds is 8. The third-order valence-corrected chi connectivity index (χ3v) is 7.33. The van der Waals surface area contributed by atoms with Gasteiger partial charge in [-0.25, -0.2) is 9.07 Å². The van der Waals surface area contributed by atoms with Crippen LogP contribution < -0.4 is 5.73 Å². The molecule has 2 aliphatic rings. The van der Waals surface area contributed by atoms with E-state index in [1.807, 2.05) is 48.7 Å². The average Bonchev–Trinajstić information content (AvgIpc) is 3.53. The molecule has 1 aliphatic heterocycles. The molecule has 2 heterocycles. The summed E-state index contributed by atoms with van der Waals surface area (Å²) in [5.41, 5.74) is 11.1. The van der Waals surface area contributed by atoms with E-state index in [0.29, 0.717) is 29.9 Å². The van der Waals surface area contributed by atoms with Crippen molar-refractivity contribution in [1.29, 1.82) is 0 Å². The van der Waals surface area contributed by atoms with Crippen molar-refractivity contribution in [3.63, 3.8) is 0 Å². The van der Waals surface area contributed by atoms with Crippen molar-refractivity contribution >= 4 is 39.1 Å². The third-order valence-electron chi connectivity index (χ3n) is 6.80. The van der Waals surface area contributed by atoms with Crippen LogP contribution in [0, 0.1) is 0 Å². The van der Waals surface area contributed by atoms with Gasteiger partial charge < -0.3 is 20.1 Å². The van der Waals surface area contributed by atoms with Gasteiger partial charge in [0.15, 0.2) is 6.23 Å². The molecule has 2 aromatic carbocycles. The van der Waals surface area contributed by atoms with Gasteiger partial charge in [0.2, 0.25) is 0 Å². The van der Waals surface area contributed by atoms with Crippen LogP contribution in [0.1, 0.15) is 35.0 Å². The molecule has 1 fully saturated rings. The second-order valence-corrected chi connectivity index (χ2v) is 10.3. The van der Waals surface area contributed by atoms with Crippen LogP contribution in [-0.4, -0.2) is 53.0 Å². The maximum atomic E-state index is 13.8. The second kappa shape index (κ2) is 11.5. The van der Waals surface area contributed by atoms with Crippen LogP contribution in [0.5, 0.6) is 0 Å². The molecule has 1 amide bonds. The van der Waals surface area contributed by atoms with Gasteiger partial charge in [0.25, 0.3) is 5.91 Å². The number of carbonyl (C=O) groups excluding carboxylic acids is 2. The van der Waals surface area contributed by atoms with Crippen molar-refractivity contribution in [3.8, 4) is 5.69 Å². The first kappa shape index (κ1) is 26.8. The Morgan fingerprint density at radius 3 is 2.77 bits per heavy atom. The summed E-state index contributed by atoms with van der Waals surface area (Å²) in [6.07, 6.45) is 6.11. The predicted molar refractivity (Wildman–Crippen MR) is 149 cm³/mol. The number of carbonyl (C=O) groups is 2. The molecule has 0 saturated carbocycles. The van der Waals surface area contributed by atoms with E-state index in [1.54, 1.807) is 21.7 Å². The monoisotopic (exact) mass is 594 g/mol. The molecule has 1 aliphatic carbocycles. The van der Waals surface area contributed by atoms with Gasteiger partial charge in [0.1, 0.15) is 18.5 Å². The third kappa shape index (κ3) is 5.97. The number of nitrogens with two attached hydrogens (primary N) is 1. The molecule has 3 aromatic rings. The Kier molecular flexibility index (Phi) is 7.94. The van der Waals surface area contributed by atoms with Gasteiger partial charge in [-0.2, -0.15) is 5.10 Å². The number of hydrogen-bond donors (Lipinski definition) is 1. The van der Waals surface area contributed by atoms with Crippen molar-refractivity contribution in [3.05, 3.63) is 93.7 Å². The number of esters is 1. The van der Waals surface area contributed by atoms with E-state index in [4.69, 9.17) is 20.3 Å². The number of amides is 1. The number of nitrogen functional groups attached to an aromatic ring is 1. The molecule has 8 nitrogen and oxygen atoms in total. The maximum absolute atomic E-state index is 13.8. The molecule has 5 rings (SSSR count). The molecule has 0 radical (unpaired) electrons. The lowest BCUT2D eigenvalue weighted by molar-refractivity contribution is -0.139. The Bertz CT molecular complexity index is 1450. The van der Waals surface area contributed by atoms with Gasteiger partial charge >= 0.3 is 5.97 Å². The summed E-state index contributed by atoms with van der Waals surface area (Å²) in [7, 11) is 1.34. The smallest absolute Gasteiger partial charge is 0.310 e. The lowest BCUT2D eigenvalue weighted by Gasteiger charge is -2.24. The zero-order valence-corrected chi connectivity index (χ0v) is 22.9. The quantitative estimate of drug-likeness (QED) is 0.299. The molecular formula is C29H28BrFN4O4. The lowest BCUT2D eigenvalue weighted by Crippen LogP contribution is -2.31. The number of hydrogen-bond acceptors (Lipinski definition) is 6. The van der Waals surface area contributed by atoms with E-state index < -0.39 is 12.4 Å². The molecule has 1 saturated heterocycles. The summed E-state index contributed by atoms with van der Waals surface area (Å²) >= 11 is 3.46. The van der Waals surface area contributed by atoms with Crippen molar-refractivity contribution in [1.82, 2.24) is 14.7 Å². The maximum Gasteiger partial charge on any atom is 0.310 e. The molecule has 202 valence electrons.